The van der Waals surface area contributed by atoms with E-state index in [4.69, 9.17) is 10.5 Å². The summed E-state index contributed by atoms with van der Waals surface area (Å²) >= 11 is 3.22. The molecule has 0 saturated carbocycles. The van der Waals surface area contributed by atoms with Crippen LogP contribution in [0.25, 0.3) is 0 Å². The van der Waals surface area contributed by atoms with Crippen LogP contribution in [0.5, 0.6) is 0 Å². The molecule has 0 amide bonds. The molecule has 1 rings (SSSR count). The van der Waals surface area contributed by atoms with E-state index in [0.717, 1.165) is 5.75 Å². The minimum absolute atomic E-state index is 0.325. The molecule has 0 saturated heterocycles. The Morgan fingerprint density at radius 3 is 3.20 bits per heavy atom. The second-order valence-corrected chi connectivity index (χ2v) is 4.84. The van der Waals surface area contributed by atoms with Crippen LogP contribution in [-0.4, -0.2) is 29.4 Å². The molecule has 0 aliphatic rings. The number of hydrogen-bond acceptors (Lipinski definition) is 6. The lowest BCUT2D eigenvalue weighted by Gasteiger charge is -2.09. The summed E-state index contributed by atoms with van der Waals surface area (Å²) in [5.41, 5.74) is 7.43. The van der Waals surface area contributed by atoms with Crippen LogP contribution in [0.2, 0.25) is 0 Å². The first-order valence-electron chi connectivity index (χ1n) is 4.61. The van der Waals surface area contributed by atoms with Crippen LogP contribution in [0.4, 0.5) is 0 Å². The normalized spacial score (nSPS) is 12.4. The summed E-state index contributed by atoms with van der Waals surface area (Å²) in [6.07, 6.45) is 1.83. The van der Waals surface area contributed by atoms with Crippen LogP contribution in [-0.2, 0) is 15.3 Å². The number of hydrogen-bond donors (Lipinski definition) is 1. The van der Waals surface area contributed by atoms with E-state index in [2.05, 4.69) is 4.98 Å². The second kappa shape index (κ2) is 6.81. The maximum atomic E-state index is 11.2. The van der Waals surface area contributed by atoms with Gasteiger partial charge in [-0.2, -0.15) is 11.8 Å². The molecule has 1 aromatic rings. The van der Waals surface area contributed by atoms with Crippen LogP contribution < -0.4 is 5.73 Å². The highest BCUT2D eigenvalue weighted by molar-refractivity contribution is 7.98. The van der Waals surface area contributed by atoms with Crippen molar-refractivity contribution in [3.8, 4) is 0 Å². The van der Waals surface area contributed by atoms with Gasteiger partial charge in [0.05, 0.1) is 12.1 Å². The van der Waals surface area contributed by atoms with Gasteiger partial charge < -0.3 is 10.5 Å². The standard InChI is InChI=1S/C9H14N2O2S2/c1-2-13-9(12)8(10)5-14-4-7-3-11-6-15-7/h3,6,8H,2,4-5,10H2,1H3. The lowest BCUT2D eigenvalue weighted by atomic mass is 10.4. The summed E-state index contributed by atoms with van der Waals surface area (Å²) in [5, 5.41) is 0. The van der Waals surface area contributed by atoms with Crippen LogP contribution in [0.1, 0.15) is 11.8 Å². The summed E-state index contributed by atoms with van der Waals surface area (Å²) in [4.78, 5) is 16.3. The molecule has 1 atom stereocenters. The van der Waals surface area contributed by atoms with Gasteiger partial charge in [-0.25, -0.2) is 0 Å². The Morgan fingerprint density at radius 2 is 2.60 bits per heavy atom. The van der Waals surface area contributed by atoms with Crippen molar-refractivity contribution >= 4 is 29.1 Å². The third kappa shape index (κ3) is 4.63. The molecule has 0 fully saturated rings. The third-order valence-electron chi connectivity index (χ3n) is 1.61. The van der Waals surface area contributed by atoms with E-state index in [0.29, 0.717) is 12.4 Å². The van der Waals surface area contributed by atoms with Gasteiger partial charge in [0, 0.05) is 22.6 Å². The van der Waals surface area contributed by atoms with Gasteiger partial charge in [-0.3, -0.25) is 9.78 Å². The predicted molar refractivity (Wildman–Crippen MR) is 62.9 cm³/mol. The van der Waals surface area contributed by atoms with Gasteiger partial charge in [-0.15, -0.1) is 11.3 Å². The topological polar surface area (TPSA) is 65.2 Å². The molecule has 1 unspecified atom stereocenters. The Kier molecular flexibility index (Phi) is 5.67. The number of rotatable bonds is 6. The van der Waals surface area contributed by atoms with E-state index >= 15 is 0 Å². The molecule has 4 nitrogen and oxygen atoms in total. The summed E-state index contributed by atoms with van der Waals surface area (Å²) in [6.45, 7) is 2.15. The molecule has 1 aromatic heterocycles. The van der Waals surface area contributed by atoms with Crippen molar-refractivity contribution in [3.63, 3.8) is 0 Å². The minimum atomic E-state index is -0.525. The molecule has 0 aromatic carbocycles. The van der Waals surface area contributed by atoms with Crippen LogP contribution in [0, 0.1) is 0 Å². The Hall–Kier alpha value is -0.590. The molecule has 0 radical (unpaired) electrons. The highest BCUT2D eigenvalue weighted by Crippen LogP contribution is 2.15. The zero-order chi connectivity index (χ0) is 11.1. The molecule has 0 bridgehead atoms. The van der Waals surface area contributed by atoms with Crippen molar-refractivity contribution in [2.24, 2.45) is 5.73 Å². The summed E-state index contributed by atoms with van der Waals surface area (Å²) < 4.78 is 4.80. The lowest BCUT2D eigenvalue weighted by Crippen LogP contribution is -2.34. The maximum absolute atomic E-state index is 11.2. The van der Waals surface area contributed by atoms with Crippen molar-refractivity contribution in [2.45, 2.75) is 18.7 Å². The Labute approximate surface area is 97.2 Å². The summed E-state index contributed by atoms with van der Waals surface area (Å²) in [7, 11) is 0. The van der Waals surface area contributed by atoms with E-state index in [1.807, 2.05) is 6.20 Å². The Balaban J connectivity index is 2.17. The van der Waals surface area contributed by atoms with E-state index in [-0.39, 0.29) is 5.97 Å². The molecule has 84 valence electrons. The number of thioether (sulfide) groups is 1. The number of ether oxygens (including phenoxy) is 1. The molecule has 0 aliphatic carbocycles. The second-order valence-electron chi connectivity index (χ2n) is 2.84. The zero-order valence-corrected chi connectivity index (χ0v) is 10.1. The molecule has 2 N–H and O–H groups in total. The maximum Gasteiger partial charge on any atom is 0.323 e. The summed E-state index contributed by atoms with van der Waals surface area (Å²) in [6, 6.07) is -0.525. The van der Waals surface area contributed by atoms with Crippen molar-refractivity contribution in [3.05, 3.63) is 16.6 Å². The van der Waals surface area contributed by atoms with Gasteiger partial charge in [0.2, 0.25) is 0 Å². The molecular weight excluding hydrogens is 232 g/mol. The number of esters is 1. The van der Waals surface area contributed by atoms with E-state index in [1.165, 1.54) is 4.88 Å². The van der Waals surface area contributed by atoms with E-state index in [1.54, 1.807) is 35.5 Å². The van der Waals surface area contributed by atoms with Crippen molar-refractivity contribution < 1.29 is 9.53 Å². The van der Waals surface area contributed by atoms with Gasteiger partial charge in [-0.05, 0) is 6.92 Å². The number of carbonyl (C=O) groups excluding carboxylic acids is 1. The molecule has 1 heterocycles. The fraction of sp³-hybridized carbons (Fsp3) is 0.556. The first kappa shape index (κ1) is 12.5. The van der Waals surface area contributed by atoms with Gasteiger partial charge in [-0.1, -0.05) is 0 Å². The highest BCUT2D eigenvalue weighted by atomic mass is 32.2. The largest absolute Gasteiger partial charge is 0.465 e. The van der Waals surface area contributed by atoms with E-state index in [9.17, 15) is 4.79 Å². The van der Waals surface area contributed by atoms with Crippen molar-refractivity contribution in [1.29, 1.82) is 0 Å². The fourth-order valence-corrected chi connectivity index (χ4v) is 2.60. The molecule has 0 spiro atoms. The molecule has 0 aliphatic heterocycles. The number of nitrogens with zero attached hydrogens (tertiary/aromatic N) is 1. The predicted octanol–water partition coefficient (Wildman–Crippen LogP) is 1.27. The van der Waals surface area contributed by atoms with Gasteiger partial charge in [0.15, 0.2) is 0 Å². The number of thiazole rings is 1. The minimum Gasteiger partial charge on any atom is -0.465 e. The number of nitrogens with two attached hydrogens (primary N) is 1. The average molecular weight is 246 g/mol. The zero-order valence-electron chi connectivity index (χ0n) is 8.51. The Morgan fingerprint density at radius 1 is 1.80 bits per heavy atom. The van der Waals surface area contributed by atoms with Crippen molar-refractivity contribution in [2.75, 3.05) is 12.4 Å². The van der Waals surface area contributed by atoms with Gasteiger partial charge in [0.25, 0.3) is 0 Å². The number of carbonyl (C=O) groups is 1. The molecular formula is C9H14N2O2S2. The van der Waals surface area contributed by atoms with E-state index < -0.39 is 6.04 Å². The SMILES string of the molecule is CCOC(=O)C(N)CSCc1cncs1. The Bertz CT molecular complexity index is 290. The van der Waals surface area contributed by atoms with Crippen molar-refractivity contribution in [1.82, 2.24) is 4.98 Å². The van der Waals surface area contributed by atoms with Crippen LogP contribution >= 0.6 is 23.1 Å². The van der Waals surface area contributed by atoms with Crippen LogP contribution in [0.3, 0.4) is 0 Å². The molecule has 6 heteroatoms. The molecule has 15 heavy (non-hydrogen) atoms. The third-order valence-corrected chi connectivity index (χ3v) is 3.69. The first-order valence-corrected chi connectivity index (χ1v) is 6.64. The lowest BCUT2D eigenvalue weighted by molar-refractivity contribution is -0.144. The smallest absolute Gasteiger partial charge is 0.323 e. The quantitative estimate of drug-likeness (QED) is 0.766. The fourth-order valence-electron chi connectivity index (χ4n) is 0.917. The van der Waals surface area contributed by atoms with Gasteiger partial charge in [0.1, 0.15) is 6.04 Å². The first-order chi connectivity index (χ1) is 7.24. The highest BCUT2D eigenvalue weighted by Gasteiger charge is 2.14. The number of aromatic nitrogens is 1. The summed E-state index contributed by atoms with van der Waals surface area (Å²) in [5.74, 6) is 1.10. The monoisotopic (exact) mass is 246 g/mol. The van der Waals surface area contributed by atoms with Crippen LogP contribution in [0.15, 0.2) is 11.7 Å². The van der Waals surface area contributed by atoms with Gasteiger partial charge >= 0.3 is 5.97 Å². The average Bonchev–Trinajstić information content (AvgIpc) is 2.71.